The summed E-state index contributed by atoms with van der Waals surface area (Å²) >= 11 is 0. The Hall–Kier alpha value is -1.75. The Morgan fingerprint density at radius 2 is 1.90 bits per heavy atom. The van der Waals surface area contributed by atoms with Crippen LogP contribution < -0.4 is 15.4 Å². The molecule has 20 heavy (non-hydrogen) atoms. The van der Waals surface area contributed by atoms with Gasteiger partial charge in [-0.05, 0) is 31.9 Å². The number of urea groups is 1. The molecular weight excluding hydrogens is 256 g/mol. The second kappa shape index (κ2) is 10.1. The van der Waals surface area contributed by atoms with Crippen LogP contribution in [0.25, 0.3) is 0 Å². The number of hydrogen-bond acceptors (Lipinski definition) is 3. The van der Waals surface area contributed by atoms with E-state index in [0.717, 1.165) is 17.7 Å². The van der Waals surface area contributed by atoms with Crippen molar-refractivity contribution in [3.63, 3.8) is 0 Å². The van der Waals surface area contributed by atoms with Crippen LogP contribution in [0.3, 0.4) is 0 Å². The normalized spacial score (nSPS) is 10.1. The third-order valence-corrected chi connectivity index (χ3v) is 2.69. The summed E-state index contributed by atoms with van der Waals surface area (Å²) in [5.74, 6) is 0.853. The van der Waals surface area contributed by atoms with Gasteiger partial charge >= 0.3 is 6.03 Å². The van der Waals surface area contributed by atoms with E-state index in [1.807, 2.05) is 38.1 Å². The van der Waals surface area contributed by atoms with Crippen LogP contribution in [0, 0.1) is 6.92 Å². The summed E-state index contributed by atoms with van der Waals surface area (Å²) in [6.07, 6.45) is 0.820. The molecule has 0 saturated carbocycles. The summed E-state index contributed by atoms with van der Waals surface area (Å²) in [6, 6.07) is 7.64. The largest absolute Gasteiger partial charge is 0.491 e. The van der Waals surface area contributed by atoms with Crippen molar-refractivity contribution in [2.75, 3.05) is 32.9 Å². The molecule has 0 radical (unpaired) electrons. The lowest BCUT2D eigenvalue weighted by Gasteiger charge is -2.10. The van der Waals surface area contributed by atoms with Gasteiger partial charge in [0.2, 0.25) is 0 Å². The molecule has 0 bridgehead atoms. The maximum Gasteiger partial charge on any atom is 0.314 e. The quantitative estimate of drug-likeness (QED) is 0.681. The van der Waals surface area contributed by atoms with Crippen LogP contribution in [0.5, 0.6) is 5.75 Å². The van der Waals surface area contributed by atoms with E-state index < -0.39 is 0 Å². The van der Waals surface area contributed by atoms with Gasteiger partial charge in [-0.3, -0.25) is 0 Å². The van der Waals surface area contributed by atoms with Crippen molar-refractivity contribution in [1.29, 1.82) is 0 Å². The van der Waals surface area contributed by atoms with Crippen molar-refractivity contribution in [2.24, 2.45) is 0 Å². The minimum atomic E-state index is -0.171. The Balaban J connectivity index is 2.03. The maximum atomic E-state index is 11.4. The number of ether oxygens (including phenoxy) is 2. The maximum absolute atomic E-state index is 11.4. The zero-order chi connectivity index (χ0) is 14.6. The van der Waals surface area contributed by atoms with Crippen LogP contribution in [0.4, 0.5) is 4.79 Å². The van der Waals surface area contributed by atoms with Gasteiger partial charge in [0, 0.05) is 19.8 Å². The second-order valence-electron chi connectivity index (χ2n) is 4.35. The zero-order valence-corrected chi connectivity index (χ0v) is 12.3. The highest BCUT2D eigenvalue weighted by Gasteiger charge is 2.00. The molecule has 1 rings (SSSR count). The van der Waals surface area contributed by atoms with E-state index in [-0.39, 0.29) is 6.03 Å². The van der Waals surface area contributed by atoms with E-state index >= 15 is 0 Å². The predicted molar refractivity (Wildman–Crippen MR) is 79.2 cm³/mol. The molecule has 1 aromatic rings. The number of hydrogen-bond donors (Lipinski definition) is 2. The number of benzene rings is 1. The first-order valence-electron chi connectivity index (χ1n) is 7.02. The summed E-state index contributed by atoms with van der Waals surface area (Å²) < 4.78 is 10.8. The molecule has 2 amide bonds. The van der Waals surface area contributed by atoms with Gasteiger partial charge in [0.1, 0.15) is 12.4 Å². The van der Waals surface area contributed by atoms with Crippen LogP contribution in [0.15, 0.2) is 24.3 Å². The zero-order valence-electron chi connectivity index (χ0n) is 12.3. The van der Waals surface area contributed by atoms with Gasteiger partial charge in [0.25, 0.3) is 0 Å². The number of nitrogens with one attached hydrogen (secondary N) is 2. The first-order chi connectivity index (χ1) is 9.74. The van der Waals surface area contributed by atoms with Crippen LogP contribution in [0.2, 0.25) is 0 Å². The van der Waals surface area contributed by atoms with Crippen molar-refractivity contribution in [3.8, 4) is 5.75 Å². The minimum absolute atomic E-state index is 0.171. The highest BCUT2D eigenvalue weighted by Crippen LogP contribution is 2.15. The molecule has 0 aliphatic heterocycles. The lowest BCUT2D eigenvalue weighted by atomic mass is 10.2. The Kier molecular flexibility index (Phi) is 8.22. The monoisotopic (exact) mass is 280 g/mol. The number of aryl methyl sites for hydroxylation is 1. The number of amides is 2. The number of carbonyl (C=O) groups is 1. The Morgan fingerprint density at radius 1 is 1.15 bits per heavy atom. The molecule has 1 aromatic carbocycles. The van der Waals surface area contributed by atoms with Gasteiger partial charge in [-0.1, -0.05) is 18.2 Å². The van der Waals surface area contributed by atoms with E-state index in [9.17, 15) is 4.79 Å². The van der Waals surface area contributed by atoms with E-state index in [0.29, 0.717) is 32.9 Å². The summed E-state index contributed by atoms with van der Waals surface area (Å²) in [6.45, 7) is 6.88. The van der Waals surface area contributed by atoms with E-state index in [2.05, 4.69) is 10.6 Å². The molecular formula is C15H24N2O3. The average Bonchev–Trinajstić information content (AvgIpc) is 2.45. The molecule has 5 heteroatoms. The summed E-state index contributed by atoms with van der Waals surface area (Å²) in [5.41, 5.74) is 1.09. The number of carbonyl (C=O) groups excluding carboxylic acids is 1. The molecule has 2 N–H and O–H groups in total. The highest BCUT2D eigenvalue weighted by molar-refractivity contribution is 5.73. The SMILES string of the molecule is CCOCCCNC(=O)NCCOc1ccccc1C. The van der Waals surface area contributed by atoms with E-state index in [1.54, 1.807) is 0 Å². The van der Waals surface area contributed by atoms with Crippen molar-refractivity contribution in [2.45, 2.75) is 20.3 Å². The van der Waals surface area contributed by atoms with Crippen molar-refractivity contribution >= 4 is 6.03 Å². The third-order valence-electron chi connectivity index (χ3n) is 2.69. The summed E-state index contributed by atoms with van der Waals surface area (Å²) in [4.78, 5) is 11.4. The molecule has 112 valence electrons. The van der Waals surface area contributed by atoms with E-state index in [1.165, 1.54) is 0 Å². The molecule has 0 saturated heterocycles. The topological polar surface area (TPSA) is 59.6 Å². The smallest absolute Gasteiger partial charge is 0.314 e. The van der Waals surface area contributed by atoms with Gasteiger partial charge in [-0.15, -0.1) is 0 Å². The molecule has 0 atom stereocenters. The first kappa shape index (κ1) is 16.3. The summed E-state index contributed by atoms with van der Waals surface area (Å²) in [5, 5.41) is 5.51. The van der Waals surface area contributed by atoms with Gasteiger partial charge in [-0.25, -0.2) is 4.79 Å². The van der Waals surface area contributed by atoms with Crippen LogP contribution in [0.1, 0.15) is 18.9 Å². The van der Waals surface area contributed by atoms with Gasteiger partial charge in [-0.2, -0.15) is 0 Å². The second-order valence-corrected chi connectivity index (χ2v) is 4.35. The van der Waals surface area contributed by atoms with Crippen molar-refractivity contribution in [3.05, 3.63) is 29.8 Å². The van der Waals surface area contributed by atoms with Crippen molar-refractivity contribution in [1.82, 2.24) is 10.6 Å². The molecule has 0 aliphatic carbocycles. The first-order valence-corrected chi connectivity index (χ1v) is 7.02. The molecule has 0 aromatic heterocycles. The Bertz CT molecular complexity index is 396. The van der Waals surface area contributed by atoms with Crippen molar-refractivity contribution < 1.29 is 14.3 Å². The third kappa shape index (κ3) is 6.99. The molecule has 0 unspecified atom stereocenters. The van der Waals surface area contributed by atoms with Gasteiger partial charge < -0.3 is 20.1 Å². The fourth-order valence-corrected chi connectivity index (χ4v) is 1.63. The fraction of sp³-hybridized carbons (Fsp3) is 0.533. The lowest BCUT2D eigenvalue weighted by Crippen LogP contribution is -2.38. The van der Waals surface area contributed by atoms with E-state index in [4.69, 9.17) is 9.47 Å². The molecule has 0 heterocycles. The standard InChI is InChI=1S/C15H24N2O3/c1-3-19-11-6-9-16-15(18)17-10-12-20-14-8-5-4-7-13(14)2/h4-5,7-8H,3,6,9-12H2,1-2H3,(H2,16,17,18). The number of para-hydroxylation sites is 1. The molecule has 0 spiro atoms. The highest BCUT2D eigenvalue weighted by atomic mass is 16.5. The lowest BCUT2D eigenvalue weighted by molar-refractivity contribution is 0.145. The van der Waals surface area contributed by atoms with Gasteiger partial charge in [0.15, 0.2) is 0 Å². The van der Waals surface area contributed by atoms with Crippen LogP contribution >= 0.6 is 0 Å². The molecule has 5 nitrogen and oxygen atoms in total. The average molecular weight is 280 g/mol. The Morgan fingerprint density at radius 3 is 2.65 bits per heavy atom. The minimum Gasteiger partial charge on any atom is -0.491 e. The Labute approximate surface area is 120 Å². The molecule has 0 fully saturated rings. The van der Waals surface area contributed by atoms with Crippen LogP contribution in [-0.2, 0) is 4.74 Å². The molecule has 0 aliphatic rings. The fourth-order valence-electron chi connectivity index (χ4n) is 1.63. The predicted octanol–water partition coefficient (Wildman–Crippen LogP) is 2.10. The van der Waals surface area contributed by atoms with Crippen LogP contribution in [-0.4, -0.2) is 38.9 Å². The van der Waals surface area contributed by atoms with Gasteiger partial charge in [0.05, 0.1) is 6.54 Å². The number of rotatable bonds is 9. The summed E-state index contributed by atoms with van der Waals surface area (Å²) in [7, 11) is 0.